The molecule has 1 aromatic heterocycles. The second-order valence-electron chi connectivity index (χ2n) is 8.01. The highest BCUT2D eigenvalue weighted by Crippen LogP contribution is 2.47. The fourth-order valence-corrected chi connectivity index (χ4v) is 3.83. The molecule has 2 heterocycles. The molecule has 0 bridgehead atoms. The second-order valence-corrected chi connectivity index (χ2v) is 8.01. The first kappa shape index (κ1) is 17.6. The molecule has 1 unspecified atom stereocenters. The van der Waals surface area contributed by atoms with Crippen molar-refractivity contribution in [3.8, 4) is 0 Å². The minimum Gasteiger partial charge on any atom is -0.469 e. The summed E-state index contributed by atoms with van der Waals surface area (Å²) in [5, 5.41) is 0. The number of carbonyl (C=O) groups is 2. The van der Waals surface area contributed by atoms with Gasteiger partial charge in [-0.15, -0.1) is 0 Å². The number of carbonyl (C=O) groups excluding carboxylic acids is 2. The van der Waals surface area contributed by atoms with E-state index in [1.165, 1.54) is 0 Å². The highest BCUT2D eigenvalue weighted by molar-refractivity contribution is 6.08. The predicted molar refractivity (Wildman–Crippen MR) is 94.3 cm³/mol. The molecule has 134 valence electrons. The van der Waals surface area contributed by atoms with E-state index >= 15 is 0 Å². The van der Waals surface area contributed by atoms with Crippen LogP contribution in [0.25, 0.3) is 0 Å². The maximum absolute atomic E-state index is 12.9. The van der Waals surface area contributed by atoms with Gasteiger partial charge in [-0.2, -0.15) is 0 Å². The molecule has 0 saturated carbocycles. The van der Waals surface area contributed by atoms with Gasteiger partial charge < -0.3 is 9.15 Å². The van der Waals surface area contributed by atoms with E-state index in [-0.39, 0.29) is 23.3 Å². The van der Waals surface area contributed by atoms with Gasteiger partial charge in [0.2, 0.25) is 0 Å². The first-order valence-corrected chi connectivity index (χ1v) is 8.75. The molecule has 5 heteroatoms. The number of ether oxygens (including phenoxy) is 1. The molecule has 0 N–H and O–H groups in total. The van der Waals surface area contributed by atoms with Crippen LogP contribution in [-0.4, -0.2) is 23.6 Å². The Kier molecular flexibility index (Phi) is 4.43. The van der Waals surface area contributed by atoms with Gasteiger partial charge in [0.15, 0.2) is 5.78 Å². The molecular formula is C20H25NO4. The van der Waals surface area contributed by atoms with Gasteiger partial charge in [0, 0.05) is 23.4 Å². The number of hydrogen-bond donors (Lipinski definition) is 0. The smallest absolute Gasteiger partial charge is 0.316 e. The summed E-state index contributed by atoms with van der Waals surface area (Å²) in [4.78, 5) is 30.3. The summed E-state index contributed by atoms with van der Waals surface area (Å²) in [5.74, 6) is -0.789. The molecular weight excluding hydrogens is 318 g/mol. The zero-order valence-electron chi connectivity index (χ0n) is 15.5. The van der Waals surface area contributed by atoms with E-state index in [0.29, 0.717) is 29.9 Å². The van der Waals surface area contributed by atoms with E-state index in [0.717, 1.165) is 5.70 Å². The van der Waals surface area contributed by atoms with Crippen LogP contribution in [0.15, 0.2) is 39.1 Å². The first-order chi connectivity index (χ1) is 11.7. The third-order valence-corrected chi connectivity index (χ3v) is 4.76. The zero-order valence-corrected chi connectivity index (χ0v) is 15.5. The normalized spacial score (nSPS) is 25.7. The Balaban J connectivity index is 2.11. The van der Waals surface area contributed by atoms with Gasteiger partial charge in [-0.3, -0.25) is 14.6 Å². The van der Waals surface area contributed by atoms with E-state index in [2.05, 4.69) is 18.8 Å². The number of Topliss-reactive ketones (excluding diaryl/α,β-unsaturated/α-hetero) is 1. The highest BCUT2D eigenvalue weighted by Gasteiger charge is 2.47. The fourth-order valence-electron chi connectivity index (χ4n) is 3.83. The third kappa shape index (κ3) is 3.32. The third-order valence-electron chi connectivity index (χ3n) is 4.76. The summed E-state index contributed by atoms with van der Waals surface area (Å²) in [7, 11) is 0. The van der Waals surface area contributed by atoms with Crippen LogP contribution in [0.5, 0.6) is 0 Å². The standard InChI is InChI=1S/C20H25NO4/c1-11(2)25-19(23)16-12(3)21-13-9-20(4,5)10-14(22)17(13)18(16)15-7-6-8-24-15/h6-8,11,16,18H,9-10H2,1-5H3/t16?,18-/m1/s1. The molecule has 0 spiro atoms. The van der Waals surface area contributed by atoms with E-state index < -0.39 is 11.8 Å². The molecule has 0 fully saturated rings. The molecule has 2 aliphatic rings. The number of nitrogens with zero attached hydrogens (tertiary/aromatic N) is 1. The predicted octanol–water partition coefficient (Wildman–Crippen LogP) is 4.05. The molecule has 25 heavy (non-hydrogen) atoms. The number of allylic oxidation sites excluding steroid dienone is 2. The highest BCUT2D eigenvalue weighted by atomic mass is 16.5. The van der Waals surface area contributed by atoms with Crippen LogP contribution < -0.4 is 0 Å². The van der Waals surface area contributed by atoms with Crippen molar-refractivity contribution in [1.29, 1.82) is 0 Å². The van der Waals surface area contributed by atoms with E-state index in [1.54, 1.807) is 12.3 Å². The number of hydrogen-bond acceptors (Lipinski definition) is 5. The van der Waals surface area contributed by atoms with Crippen LogP contribution in [0.4, 0.5) is 0 Å². The summed E-state index contributed by atoms with van der Waals surface area (Å²) in [6.07, 6.45) is 2.51. The van der Waals surface area contributed by atoms with Crippen molar-refractivity contribution < 1.29 is 18.7 Å². The lowest BCUT2D eigenvalue weighted by Crippen LogP contribution is -2.40. The van der Waals surface area contributed by atoms with Crippen LogP contribution in [0.3, 0.4) is 0 Å². The number of rotatable bonds is 3. The van der Waals surface area contributed by atoms with Gasteiger partial charge in [-0.05, 0) is 44.7 Å². The summed E-state index contributed by atoms with van der Waals surface area (Å²) in [5.41, 5.74) is 1.95. The molecule has 1 aliphatic carbocycles. The lowest BCUT2D eigenvalue weighted by molar-refractivity contribution is -0.150. The summed E-state index contributed by atoms with van der Waals surface area (Å²) >= 11 is 0. The van der Waals surface area contributed by atoms with Gasteiger partial charge >= 0.3 is 5.97 Å². The summed E-state index contributed by atoms with van der Waals surface area (Å²) < 4.78 is 11.1. The first-order valence-electron chi connectivity index (χ1n) is 8.75. The Morgan fingerprint density at radius 1 is 1.36 bits per heavy atom. The van der Waals surface area contributed by atoms with E-state index in [1.807, 2.05) is 26.8 Å². The van der Waals surface area contributed by atoms with Gasteiger partial charge in [-0.25, -0.2) is 0 Å². The Hall–Kier alpha value is -2.17. The quantitative estimate of drug-likeness (QED) is 0.777. The lowest BCUT2D eigenvalue weighted by atomic mass is 9.68. The van der Waals surface area contributed by atoms with Crippen molar-refractivity contribution in [2.45, 2.75) is 59.5 Å². The van der Waals surface area contributed by atoms with Crippen molar-refractivity contribution >= 4 is 17.5 Å². The van der Waals surface area contributed by atoms with Crippen molar-refractivity contribution in [3.05, 3.63) is 35.4 Å². The molecule has 5 nitrogen and oxygen atoms in total. The van der Waals surface area contributed by atoms with Crippen molar-refractivity contribution in [2.24, 2.45) is 16.3 Å². The van der Waals surface area contributed by atoms with Crippen molar-refractivity contribution in [2.75, 3.05) is 0 Å². The fraction of sp³-hybridized carbons (Fsp3) is 0.550. The SMILES string of the molecule is CC1=NC2=C(C(=O)CC(C)(C)C2)[C@H](c2ccco2)C1C(=O)OC(C)C. The average Bonchev–Trinajstić information content (AvgIpc) is 2.96. The Morgan fingerprint density at radius 3 is 2.68 bits per heavy atom. The number of ketones is 1. The van der Waals surface area contributed by atoms with Crippen LogP contribution in [0.1, 0.15) is 59.1 Å². The molecule has 0 amide bonds. The van der Waals surface area contributed by atoms with Gasteiger partial charge in [0.25, 0.3) is 0 Å². The maximum Gasteiger partial charge on any atom is 0.316 e. The number of esters is 1. The second kappa shape index (κ2) is 6.28. The van der Waals surface area contributed by atoms with Crippen LogP contribution >= 0.6 is 0 Å². The monoisotopic (exact) mass is 343 g/mol. The molecule has 0 aromatic carbocycles. The minimum atomic E-state index is -0.627. The average molecular weight is 343 g/mol. The van der Waals surface area contributed by atoms with Crippen molar-refractivity contribution in [3.63, 3.8) is 0 Å². The molecule has 1 aromatic rings. The Labute approximate surface area is 148 Å². The summed E-state index contributed by atoms with van der Waals surface area (Å²) in [6.45, 7) is 9.60. The van der Waals surface area contributed by atoms with E-state index in [4.69, 9.17) is 9.15 Å². The van der Waals surface area contributed by atoms with Crippen LogP contribution in [0.2, 0.25) is 0 Å². The molecule has 2 atom stereocenters. The molecule has 1 aliphatic heterocycles. The molecule has 3 rings (SSSR count). The van der Waals surface area contributed by atoms with Gasteiger partial charge in [0.1, 0.15) is 11.7 Å². The van der Waals surface area contributed by atoms with Crippen molar-refractivity contribution in [1.82, 2.24) is 0 Å². The number of furan rings is 1. The summed E-state index contributed by atoms with van der Waals surface area (Å²) in [6, 6.07) is 3.59. The maximum atomic E-state index is 12.9. The lowest BCUT2D eigenvalue weighted by Gasteiger charge is -2.38. The zero-order chi connectivity index (χ0) is 18.4. The minimum absolute atomic E-state index is 0.0475. The largest absolute Gasteiger partial charge is 0.469 e. The topological polar surface area (TPSA) is 68.9 Å². The van der Waals surface area contributed by atoms with Crippen LogP contribution in [-0.2, 0) is 14.3 Å². The number of aliphatic imine (C=N–C) groups is 1. The van der Waals surface area contributed by atoms with Gasteiger partial charge in [0.05, 0.1) is 18.3 Å². The molecule has 0 radical (unpaired) electrons. The van der Waals surface area contributed by atoms with E-state index in [9.17, 15) is 9.59 Å². The molecule has 0 saturated heterocycles. The Morgan fingerprint density at radius 2 is 2.08 bits per heavy atom. The van der Waals surface area contributed by atoms with Gasteiger partial charge in [-0.1, -0.05) is 13.8 Å². The van der Waals surface area contributed by atoms with Crippen LogP contribution in [0, 0.1) is 11.3 Å². The Bertz CT molecular complexity index is 753.